The second-order valence-electron chi connectivity index (χ2n) is 4.49. The highest BCUT2D eigenvalue weighted by atomic mass is 19.4. The van der Waals surface area contributed by atoms with Gasteiger partial charge in [0.1, 0.15) is 0 Å². The van der Waals surface area contributed by atoms with Gasteiger partial charge in [0, 0.05) is 17.7 Å². The van der Waals surface area contributed by atoms with Gasteiger partial charge in [-0.3, -0.25) is 4.79 Å². The fraction of sp³-hybridized carbons (Fsp3) is 0.286. The fourth-order valence-electron chi connectivity index (χ4n) is 1.62. The van der Waals surface area contributed by atoms with Crippen molar-refractivity contribution in [3.8, 4) is 0 Å². The molecule has 1 rings (SSSR count). The van der Waals surface area contributed by atoms with Crippen molar-refractivity contribution in [2.45, 2.75) is 25.6 Å². The van der Waals surface area contributed by atoms with Crippen molar-refractivity contribution in [2.75, 3.05) is 0 Å². The van der Waals surface area contributed by atoms with Gasteiger partial charge in [0.2, 0.25) is 0 Å². The third-order valence-electron chi connectivity index (χ3n) is 2.51. The molecule has 0 saturated carbocycles. The van der Waals surface area contributed by atoms with Crippen LogP contribution in [0.1, 0.15) is 29.3 Å². The Morgan fingerprint density at radius 1 is 1.29 bits per heavy atom. The lowest BCUT2D eigenvalue weighted by Crippen LogP contribution is -2.35. The largest absolute Gasteiger partial charge is 0.478 e. The van der Waals surface area contributed by atoms with Gasteiger partial charge in [0.05, 0.1) is 6.42 Å². The van der Waals surface area contributed by atoms with Gasteiger partial charge in [-0.15, -0.1) is 0 Å². The predicted octanol–water partition coefficient (Wildman–Crippen LogP) is 2.86. The minimum absolute atomic E-state index is 0.205. The van der Waals surface area contributed by atoms with Crippen molar-refractivity contribution >= 4 is 18.0 Å². The van der Waals surface area contributed by atoms with Crippen LogP contribution in [0, 0.1) is 0 Å². The Labute approximate surface area is 119 Å². The number of nitrogens with one attached hydrogen (secondary N) is 1. The highest BCUT2D eigenvalue weighted by molar-refractivity contribution is 5.94. The number of carboxylic acids is 1. The first-order valence-corrected chi connectivity index (χ1v) is 6.06. The van der Waals surface area contributed by atoms with Crippen molar-refractivity contribution in [3.63, 3.8) is 0 Å². The van der Waals surface area contributed by atoms with Gasteiger partial charge < -0.3 is 10.4 Å². The summed E-state index contributed by atoms with van der Waals surface area (Å²) in [6.07, 6.45) is -3.15. The van der Waals surface area contributed by atoms with E-state index in [-0.39, 0.29) is 5.56 Å². The molecule has 0 radical (unpaired) electrons. The lowest BCUT2D eigenvalue weighted by Gasteiger charge is -2.15. The third kappa shape index (κ3) is 6.60. The zero-order valence-corrected chi connectivity index (χ0v) is 11.1. The summed E-state index contributed by atoms with van der Waals surface area (Å²) >= 11 is 0. The molecule has 0 heterocycles. The summed E-state index contributed by atoms with van der Waals surface area (Å²) < 4.78 is 36.5. The number of hydrogen-bond acceptors (Lipinski definition) is 2. The summed E-state index contributed by atoms with van der Waals surface area (Å²) in [5, 5.41) is 10.7. The molecule has 0 saturated heterocycles. The van der Waals surface area contributed by atoms with Gasteiger partial charge in [0.15, 0.2) is 0 Å². The number of carbonyl (C=O) groups excluding carboxylic acids is 1. The lowest BCUT2D eigenvalue weighted by atomic mass is 10.1. The summed E-state index contributed by atoms with van der Waals surface area (Å²) in [5.41, 5.74) is 0.772. The van der Waals surface area contributed by atoms with E-state index in [9.17, 15) is 22.8 Å². The maximum atomic E-state index is 12.2. The zero-order chi connectivity index (χ0) is 16.0. The normalized spacial score (nSPS) is 13.1. The van der Waals surface area contributed by atoms with E-state index in [1.807, 2.05) is 0 Å². The first-order chi connectivity index (χ1) is 9.67. The molecule has 1 atom stereocenters. The number of carboxylic acid groups (broad SMARTS) is 1. The number of halogens is 3. The van der Waals surface area contributed by atoms with Gasteiger partial charge >= 0.3 is 12.1 Å². The van der Waals surface area contributed by atoms with Crippen LogP contribution >= 0.6 is 0 Å². The summed E-state index contributed by atoms with van der Waals surface area (Å²) in [6, 6.07) is 4.81. The van der Waals surface area contributed by atoms with Gasteiger partial charge in [0.25, 0.3) is 5.91 Å². The topological polar surface area (TPSA) is 66.4 Å². The molecule has 114 valence electrons. The monoisotopic (exact) mass is 301 g/mol. The van der Waals surface area contributed by atoms with Crippen LogP contribution < -0.4 is 5.32 Å². The van der Waals surface area contributed by atoms with Gasteiger partial charge in [-0.1, -0.05) is 12.1 Å². The average Bonchev–Trinajstić information content (AvgIpc) is 2.34. The summed E-state index contributed by atoms with van der Waals surface area (Å²) in [4.78, 5) is 22.1. The van der Waals surface area contributed by atoms with Crippen LogP contribution in [0.3, 0.4) is 0 Å². The molecule has 1 amide bonds. The Bertz CT molecular complexity index is 535. The maximum Gasteiger partial charge on any atom is 0.391 e. The van der Waals surface area contributed by atoms with E-state index < -0.39 is 30.5 Å². The van der Waals surface area contributed by atoms with Crippen molar-refractivity contribution in [3.05, 3.63) is 41.5 Å². The molecule has 0 fully saturated rings. The first-order valence-electron chi connectivity index (χ1n) is 6.06. The van der Waals surface area contributed by atoms with E-state index in [0.717, 1.165) is 6.08 Å². The number of carbonyl (C=O) groups is 2. The zero-order valence-electron chi connectivity index (χ0n) is 11.1. The average molecular weight is 301 g/mol. The molecule has 1 aromatic carbocycles. The van der Waals surface area contributed by atoms with Gasteiger partial charge in [-0.25, -0.2) is 4.79 Å². The molecule has 0 aromatic heterocycles. The smallest absolute Gasteiger partial charge is 0.391 e. The lowest BCUT2D eigenvalue weighted by molar-refractivity contribution is -0.138. The van der Waals surface area contributed by atoms with Crippen molar-refractivity contribution < 1.29 is 27.9 Å². The van der Waals surface area contributed by atoms with Gasteiger partial charge in [-0.05, 0) is 30.7 Å². The van der Waals surface area contributed by atoms with Crippen molar-refractivity contribution in [1.82, 2.24) is 5.32 Å². The van der Waals surface area contributed by atoms with Crippen LogP contribution in [0.5, 0.6) is 0 Å². The van der Waals surface area contributed by atoms with Crippen LogP contribution in [-0.4, -0.2) is 29.2 Å². The number of rotatable bonds is 5. The molecule has 21 heavy (non-hydrogen) atoms. The first kappa shape index (κ1) is 16.7. The van der Waals surface area contributed by atoms with E-state index in [0.29, 0.717) is 5.56 Å². The number of aliphatic carboxylic acids is 1. The molecular weight excluding hydrogens is 287 g/mol. The summed E-state index contributed by atoms with van der Waals surface area (Å²) in [5.74, 6) is -1.71. The second-order valence-corrected chi connectivity index (χ2v) is 4.49. The summed E-state index contributed by atoms with van der Waals surface area (Å²) in [7, 11) is 0. The molecule has 1 unspecified atom stereocenters. The van der Waals surface area contributed by atoms with E-state index in [4.69, 9.17) is 5.11 Å². The Morgan fingerprint density at radius 3 is 2.33 bits per heavy atom. The highest BCUT2D eigenvalue weighted by Crippen LogP contribution is 2.21. The molecular formula is C14H14F3NO3. The van der Waals surface area contributed by atoms with E-state index in [2.05, 4.69) is 5.32 Å². The minimum atomic E-state index is -4.34. The molecule has 0 aliphatic carbocycles. The Hall–Kier alpha value is -2.31. The highest BCUT2D eigenvalue weighted by Gasteiger charge is 2.30. The Morgan fingerprint density at radius 2 is 1.86 bits per heavy atom. The summed E-state index contributed by atoms with van der Waals surface area (Å²) in [6.45, 7) is 1.27. The standard InChI is InChI=1S/C14H14F3NO3/c1-9(8-14(15,16)17)18-13(21)11-5-2-10(3-6-11)4-7-12(19)20/h2-7,9H,8H2,1H3,(H,18,21)(H,19,20)/b7-4+. The molecule has 0 aliphatic heterocycles. The molecule has 0 spiro atoms. The molecule has 1 aromatic rings. The quantitative estimate of drug-likeness (QED) is 0.822. The molecule has 4 nitrogen and oxygen atoms in total. The number of benzene rings is 1. The Balaban J connectivity index is 2.65. The minimum Gasteiger partial charge on any atom is -0.478 e. The van der Waals surface area contributed by atoms with Crippen LogP contribution in [0.2, 0.25) is 0 Å². The second kappa shape index (κ2) is 6.92. The number of alkyl halides is 3. The maximum absolute atomic E-state index is 12.2. The van der Waals surface area contributed by atoms with E-state index in [1.165, 1.54) is 37.3 Å². The van der Waals surface area contributed by atoms with E-state index >= 15 is 0 Å². The van der Waals surface area contributed by atoms with Crippen LogP contribution in [0.25, 0.3) is 6.08 Å². The van der Waals surface area contributed by atoms with Gasteiger partial charge in [-0.2, -0.15) is 13.2 Å². The molecule has 0 aliphatic rings. The molecule has 7 heteroatoms. The predicted molar refractivity (Wildman–Crippen MR) is 70.7 cm³/mol. The van der Waals surface area contributed by atoms with Crippen LogP contribution in [0.15, 0.2) is 30.3 Å². The van der Waals surface area contributed by atoms with Crippen molar-refractivity contribution in [2.24, 2.45) is 0 Å². The fourth-order valence-corrected chi connectivity index (χ4v) is 1.62. The number of hydrogen-bond donors (Lipinski definition) is 2. The van der Waals surface area contributed by atoms with Crippen LogP contribution in [0.4, 0.5) is 13.2 Å². The SMILES string of the molecule is CC(CC(F)(F)F)NC(=O)c1ccc(/C=C/C(=O)O)cc1. The van der Waals surface area contributed by atoms with E-state index in [1.54, 1.807) is 0 Å². The molecule has 0 bridgehead atoms. The third-order valence-corrected chi connectivity index (χ3v) is 2.51. The Kier molecular flexibility index (Phi) is 5.52. The van der Waals surface area contributed by atoms with Crippen LogP contribution in [-0.2, 0) is 4.79 Å². The molecule has 2 N–H and O–H groups in total. The number of amides is 1. The van der Waals surface area contributed by atoms with Crippen molar-refractivity contribution in [1.29, 1.82) is 0 Å².